The molecule has 1 unspecified atom stereocenters. The first-order valence-electron chi connectivity index (χ1n) is 7.39. The Labute approximate surface area is 132 Å². The molecule has 0 aliphatic carbocycles. The van der Waals surface area contributed by atoms with Crippen LogP contribution in [0.3, 0.4) is 0 Å². The molecule has 0 saturated carbocycles. The summed E-state index contributed by atoms with van der Waals surface area (Å²) < 4.78 is 0. The van der Waals surface area contributed by atoms with Crippen LogP contribution in [0.15, 0.2) is 42.5 Å². The molecule has 112 valence electrons. The Balaban J connectivity index is 2.46. The molecule has 21 heavy (non-hydrogen) atoms. The second-order valence-corrected chi connectivity index (χ2v) is 5.97. The minimum atomic E-state index is 0.110. The van der Waals surface area contributed by atoms with E-state index in [-0.39, 0.29) is 6.04 Å². The number of hydrogen-bond donors (Lipinski definition) is 1. The van der Waals surface area contributed by atoms with Crippen LogP contribution in [0.5, 0.6) is 0 Å². The number of halogens is 1. The van der Waals surface area contributed by atoms with E-state index >= 15 is 0 Å². The highest BCUT2D eigenvalue weighted by Crippen LogP contribution is 2.31. The molecule has 0 fully saturated rings. The summed E-state index contributed by atoms with van der Waals surface area (Å²) in [6.45, 7) is 7.19. The summed E-state index contributed by atoms with van der Waals surface area (Å²) >= 11 is 6.16. The highest BCUT2D eigenvalue weighted by atomic mass is 35.5. The molecule has 3 heteroatoms. The lowest BCUT2D eigenvalue weighted by Crippen LogP contribution is -2.22. The lowest BCUT2D eigenvalue weighted by atomic mass is 10.0. The molecule has 0 spiro atoms. The zero-order valence-electron chi connectivity index (χ0n) is 12.9. The van der Waals surface area contributed by atoms with Crippen molar-refractivity contribution >= 4 is 23.0 Å². The van der Waals surface area contributed by atoms with Crippen molar-refractivity contribution in [2.45, 2.75) is 33.2 Å². The number of benzene rings is 2. The molecule has 1 atom stereocenters. The third-order valence-electron chi connectivity index (χ3n) is 3.50. The summed E-state index contributed by atoms with van der Waals surface area (Å²) in [5.74, 6) is 0. The van der Waals surface area contributed by atoms with E-state index in [2.05, 4.69) is 49.1 Å². The fourth-order valence-electron chi connectivity index (χ4n) is 2.62. The Hall–Kier alpha value is -1.51. The highest BCUT2D eigenvalue weighted by molar-refractivity contribution is 6.30. The van der Waals surface area contributed by atoms with Crippen molar-refractivity contribution in [1.29, 1.82) is 0 Å². The Kier molecular flexibility index (Phi) is 5.27. The second-order valence-electron chi connectivity index (χ2n) is 5.54. The fourth-order valence-corrected chi connectivity index (χ4v) is 2.81. The number of rotatable bonds is 5. The molecule has 0 radical (unpaired) electrons. The lowest BCUT2D eigenvalue weighted by molar-refractivity contribution is 0.736. The summed E-state index contributed by atoms with van der Waals surface area (Å²) in [4.78, 5) is 2.31. The molecule has 2 aromatic rings. The largest absolute Gasteiger partial charge is 0.342 e. The van der Waals surface area contributed by atoms with Crippen LogP contribution in [0.25, 0.3) is 0 Å². The van der Waals surface area contributed by atoms with Gasteiger partial charge < -0.3 is 10.6 Å². The standard InChI is InChI=1S/C18H23ClN2/c1-4-21(17-7-5-6-13(2)10-17)18-9-8-16(19)12-15(18)11-14(3)20/h5-10,12,14H,4,11,20H2,1-3H3. The third-order valence-corrected chi connectivity index (χ3v) is 3.74. The van der Waals surface area contributed by atoms with E-state index in [1.807, 2.05) is 19.1 Å². The predicted molar refractivity (Wildman–Crippen MR) is 92.7 cm³/mol. The van der Waals surface area contributed by atoms with Gasteiger partial charge in [-0.15, -0.1) is 0 Å². The Morgan fingerprint density at radius 2 is 1.95 bits per heavy atom. The van der Waals surface area contributed by atoms with Crippen molar-refractivity contribution in [2.24, 2.45) is 5.73 Å². The molecule has 2 rings (SSSR count). The van der Waals surface area contributed by atoms with Crippen LogP contribution in [-0.4, -0.2) is 12.6 Å². The van der Waals surface area contributed by atoms with Gasteiger partial charge in [-0.25, -0.2) is 0 Å². The maximum absolute atomic E-state index is 6.16. The molecule has 2 N–H and O–H groups in total. The minimum absolute atomic E-state index is 0.110. The van der Waals surface area contributed by atoms with Crippen LogP contribution in [0.4, 0.5) is 11.4 Å². The number of hydrogen-bond acceptors (Lipinski definition) is 2. The maximum Gasteiger partial charge on any atom is 0.0444 e. The van der Waals surface area contributed by atoms with Crippen molar-refractivity contribution < 1.29 is 0 Å². The van der Waals surface area contributed by atoms with Gasteiger partial charge in [0.1, 0.15) is 0 Å². The average molecular weight is 303 g/mol. The van der Waals surface area contributed by atoms with Gasteiger partial charge in [0, 0.05) is 29.0 Å². The zero-order valence-corrected chi connectivity index (χ0v) is 13.7. The minimum Gasteiger partial charge on any atom is -0.342 e. The van der Waals surface area contributed by atoms with Gasteiger partial charge in [-0.2, -0.15) is 0 Å². The van der Waals surface area contributed by atoms with Crippen LogP contribution in [0, 0.1) is 6.92 Å². The number of nitrogens with zero attached hydrogens (tertiary/aromatic N) is 1. The van der Waals surface area contributed by atoms with Crippen molar-refractivity contribution in [2.75, 3.05) is 11.4 Å². The van der Waals surface area contributed by atoms with Crippen LogP contribution >= 0.6 is 11.6 Å². The van der Waals surface area contributed by atoms with Crippen LogP contribution < -0.4 is 10.6 Å². The van der Waals surface area contributed by atoms with Crippen molar-refractivity contribution in [3.05, 3.63) is 58.6 Å². The Morgan fingerprint density at radius 3 is 2.57 bits per heavy atom. The first-order chi connectivity index (χ1) is 10.0. The quantitative estimate of drug-likeness (QED) is 0.867. The topological polar surface area (TPSA) is 29.3 Å². The van der Waals surface area contributed by atoms with Gasteiger partial charge in [0.25, 0.3) is 0 Å². The van der Waals surface area contributed by atoms with E-state index in [0.717, 1.165) is 18.0 Å². The van der Waals surface area contributed by atoms with E-state index in [9.17, 15) is 0 Å². The van der Waals surface area contributed by atoms with Crippen LogP contribution in [-0.2, 0) is 6.42 Å². The monoisotopic (exact) mass is 302 g/mol. The zero-order chi connectivity index (χ0) is 15.4. The van der Waals surface area contributed by atoms with Gasteiger partial charge in [-0.3, -0.25) is 0 Å². The van der Waals surface area contributed by atoms with E-state index in [1.54, 1.807) is 0 Å². The first kappa shape index (κ1) is 15.9. The number of anilines is 2. The summed E-state index contributed by atoms with van der Waals surface area (Å²) in [6, 6.07) is 14.7. The van der Waals surface area contributed by atoms with Gasteiger partial charge in [-0.05, 0) is 68.7 Å². The molecular weight excluding hydrogens is 280 g/mol. The van der Waals surface area contributed by atoms with Crippen molar-refractivity contribution in [3.8, 4) is 0 Å². The summed E-state index contributed by atoms with van der Waals surface area (Å²) in [5.41, 5.74) is 10.8. The highest BCUT2D eigenvalue weighted by Gasteiger charge is 2.13. The van der Waals surface area contributed by atoms with E-state index in [4.69, 9.17) is 17.3 Å². The molecule has 0 bridgehead atoms. The normalized spacial score (nSPS) is 12.2. The second kappa shape index (κ2) is 6.97. The summed E-state index contributed by atoms with van der Waals surface area (Å²) in [5, 5.41) is 0.759. The fraction of sp³-hybridized carbons (Fsp3) is 0.333. The molecule has 2 nitrogen and oxygen atoms in total. The Bertz CT molecular complexity index is 608. The van der Waals surface area contributed by atoms with Gasteiger partial charge in [0.05, 0.1) is 0 Å². The number of aryl methyl sites for hydroxylation is 1. The van der Waals surface area contributed by atoms with Crippen LogP contribution in [0.2, 0.25) is 5.02 Å². The van der Waals surface area contributed by atoms with E-state index in [0.29, 0.717) is 0 Å². The maximum atomic E-state index is 6.16. The first-order valence-corrected chi connectivity index (χ1v) is 7.77. The van der Waals surface area contributed by atoms with Gasteiger partial charge in [0.15, 0.2) is 0 Å². The SMILES string of the molecule is CCN(c1cccc(C)c1)c1ccc(Cl)cc1CC(C)N. The van der Waals surface area contributed by atoms with Crippen LogP contribution in [0.1, 0.15) is 25.0 Å². The molecule has 0 aliphatic rings. The van der Waals surface area contributed by atoms with Crippen molar-refractivity contribution in [3.63, 3.8) is 0 Å². The van der Waals surface area contributed by atoms with Gasteiger partial charge in [-0.1, -0.05) is 23.7 Å². The lowest BCUT2D eigenvalue weighted by Gasteiger charge is -2.27. The molecule has 0 aromatic heterocycles. The average Bonchev–Trinajstić information content (AvgIpc) is 2.41. The predicted octanol–water partition coefficient (Wildman–Crippen LogP) is 4.70. The number of nitrogens with two attached hydrogens (primary N) is 1. The third kappa shape index (κ3) is 3.99. The Morgan fingerprint density at radius 1 is 1.19 bits per heavy atom. The van der Waals surface area contributed by atoms with Gasteiger partial charge >= 0.3 is 0 Å². The molecular formula is C18H23ClN2. The molecule has 0 amide bonds. The smallest absolute Gasteiger partial charge is 0.0444 e. The molecule has 0 aliphatic heterocycles. The summed E-state index contributed by atoms with van der Waals surface area (Å²) in [6.07, 6.45) is 0.818. The van der Waals surface area contributed by atoms with Crippen molar-refractivity contribution in [1.82, 2.24) is 0 Å². The molecule has 0 saturated heterocycles. The molecule has 0 heterocycles. The van der Waals surface area contributed by atoms with Gasteiger partial charge in [0.2, 0.25) is 0 Å². The summed E-state index contributed by atoms with van der Waals surface area (Å²) in [7, 11) is 0. The molecule has 2 aromatic carbocycles. The van der Waals surface area contributed by atoms with E-state index < -0.39 is 0 Å². The van der Waals surface area contributed by atoms with E-state index in [1.165, 1.54) is 22.5 Å².